The van der Waals surface area contributed by atoms with Crippen LogP contribution in [0.3, 0.4) is 0 Å². The van der Waals surface area contributed by atoms with Gasteiger partial charge in [0.25, 0.3) is 0 Å². The second-order valence-electron chi connectivity index (χ2n) is 5.89. The Bertz CT molecular complexity index is 626. The summed E-state index contributed by atoms with van der Waals surface area (Å²) in [5.41, 5.74) is 3.02. The number of nitrogens with zero attached hydrogens (tertiary/aromatic N) is 3. The zero-order valence-electron chi connectivity index (χ0n) is 12.7. The van der Waals surface area contributed by atoms with E-state index in [1.165, 1.54) is 5.56 Å². The van der Waals surface area contributed by atoms with Crippen LogP contribution in [0.4, 0.5) is 5.69 Å². The van der Waals surface area contributed by atoms with Gasteiger partial charge >= 0.3 is 0 Å². The van der Waals surface area contributed by atoms with Crippen molar-refractivity contribution in [2.45, 2.75) is 26.6 Å². The lowest BCUT2D eigenvalue weighted by Crippen LogP contribution is -2.29. The van der Waals surface area contributed by atoms with Crippen molar-refractivity contribution in [1.82, 2.24) is 9.78 Å². The van der Waals surface area contributed by atoms with E-state index in [0.29, 0.717) is 0 Å². The summed E-state index contributed by atoms with van der Waals surface area (Å²) < 4.78 is 7.87. The highest BCUT2D eigenvalue weighted by atomic mass is 28.4. The molecule has 0 N–H and O–H groups in total. The Balaban J connectivity index is 2.29. The molecule has 0 aliphatic rings. The molecule has 0 bridgehead atoms. The average Bonchev–Trinajstić information content (AvgIpc) is 2.72. The van der Waals surface area contributed by atoms with Crippen LogP contribution >= 0.6 is 0 Å². The molecular weight excluding hydrogens is 266 g/mol. The molecule has 0 aliphatic carbocycles. The maximum atomic E-state index is 6.11. The number of benzene rings is 1. The smallest absolute Gasteiger partial charge is 0.242 e. The fourth-order valence-electron chi connectivity index (χ4n) is 1.79. The van der Waals surface area contributed by atoms with Crippen molar-refractivity contribution in [3.8, 4) is 5.75 Å². The van der Waals surface area contributed by atoms with Crippen molar-refractivity contribution in [3.63, 3.8) is 0 Å². The molecule has 2 rings (SSSR count). The minimum absolute atomic E-state index is 0.863. The minimum Gasteiger partial charge on any atom is -0.543 e. The highest BCUT2D eigenvalue weighted by Crippen LogP contribution is 2.30. The van der Waals surface area contributed by atoms with Crippen molar-refractivity contribution in [2.75, 3.05) is 0 Å². The third kappa shape index (κ3) is 4.06. The zero-order chi connectivity index (χ0) is 14.8. The normalized spacial score (nSPS) is 12.1. The zero-order valence-corrected chi connectivity index (χ0v) is 13.7. The van der Waals surface area contributed by atoms with E-state index in [1.54, 1.807) is 10.9 Å². The molecule has 1 heterocycles. The fraction of sp³-hybridized carbons (Fsp3) is 0.333. The van der Waals surface area contributed by atoms with Crippen molar-refractivity contribution >= 4 is 20.2 Å². The molecule has 0 atom stereocenters. The molecule has 0 unspecified atom stereocenters. The second kappa shape index (κ2) is 5.62. The van der Waals surface area contributed by atoms with Crippen molar-refractivity contribution in [2.24, 2.45) is 12.0 Å². The lowest BCUT2D eigenvalue weighted by Gasteiger charge is -2.20. The first-order valence-corrected chi connectivity index (χ1v) is 10.1. The molecule has 2 aromatic rings. The Kier molecular flexibility index (Phi) is 4.08. The van der Waals surface area contributed by atoms with E-state index in [1.807, 2.05) is 37.7 Å². The highest BCUT2D eigenvalue weighted by Gasteiger charge is 2.18. The Morgan fingerprint density at radius 1 is 1.30 bits per heavy atom. The van der Waals surface area contributed by atoms with Gasteiger partial charge in [0.2, 0.25) is 8.32 Å². The molecule has 0 saturated heterocycles. The predicted octanol–water partition coefficient (Wildman–Crippen LogP) is 3.69. The molecule has 106 valence electrons. The average molecular weight is 287 g/mol. The summed E-state index contributed by atoms with van der Waals surface area (Å²) in [5.74, 6) is 0.865. The van der Waals surface area contributed by atoms with Crippen LogP contribution in [-0.2, 0) is 7.05 Å². The molecule has 0 spiro atoms. The van der Waals surface area contributed by atoms with Crippen LogP contribution in [0.15, 0.2) is 35.6 Å². The molecule has 1 aromatic heterocycles. The van der Waals surface area contributed by atoms with Crippen LogP contribution in [0.2, 0.25) is 19.6 Å². The quantitative estimate of drug-likeness (QED) is 0.635. The highest BCUT2D eigenvalue weighted by molar-refractivity contribution is 6.70. The molecular formula is C15H21N3OSi. The van der Waals surface area contributed by atoms with E-state index in [2.05, 4.69) is 36.7 Å². The van der Waals surface area contributed by atoms with Gasteiger partial charge in [-0.2, -0.15) is 5.10 Å². The van der Waals surface area contributed by atoms with Gasteiger partial charge in [0.05, 0.1) is 6.20 Å². The van der Waals surface area contributed by atoms with Crippen molar-refractivity contribution in [1.29, 1.82) is 0 Å². The van der Waals surface area contributed by atoms with E-state index < -0.39 is 8.32 Å². The number of hydrogen-bond donors (Lipinski definition) is 0. The molecule has 4 nitrogen and oxygen atoms in total. The van der Waals surface area contributed by atoms with E-state index >= 15 is 0 Å². The van der Waals surface area contributed by atoms with E-state index in [9.17, 15) is 0 Å². The van der Waals surface area contributed by atoms with Gasteiger partial charge < -0.3 is 4.43 Å². The van der Waals surface area contributed by atoms with Crippen LogP contribution in [0.1, 0.15) is 11.1 Å². The molecule has 0 aliphatic heterocycles. The van der Waals surface area contributed by atoms with E-state index in [-0.39, 0.29) is 0 Å². The Labute approximate surface area is 121 Å². The summed E-state index contributed by atoms with van der Waals surface area (Å²) in [7, 11) is 0.245. The predicted molar refractivity (Wildman–Crippen MR) is 85.6 cm³/mol. The van der Waals surface area contributed by atoms with Gasteiger partial charge in [0.15, 0.2) is 0 Å². The van der Waals surface area contributed by atoms with Crippen LogP contribution in [0.25, 0.3) is 0 Å². The first kappa shape index (κ1) is 14.5. The molecule has 1 aromatic carbocycles. The Morgan fingerprint density at radius 3 is 2.65 bits per heavy atom. The van der Waals surface area contributed by atoms with Crippen LogP contribution < -0.4 is 4.43 Å². The Hall–Kier alpha value is -1.88. The van der Waals surface area contributed by atoms with Crippen molar-refractivity contribution in [3.05, 3.63) is 41.7 Å². The van der Waals surface area contributed by atoms with Gasteiger partial charge in [-0.3, -0.25) is 9.67 Å². The largest absolute Gasteiger partial charge is 0.543 e. The Morgan fingerprint density at radius 2 is 2.05 bits per heavy atom. The summed E-state index contributed by atoms with van der Waals surface area (Å²) in [5, 5.41) is 4.13. The number of aromatic nitrogens is 2. The van der Waals surface area contributed by atoms with Crippen LogP contribution in [-0.4, -0.2) is 24.3 Å². The van der Waals surface area contributed by atoms with Gasteiger partial charge in [0, 0.05) is 25.0 Å². The summed E-state index contributed by atoms with van der Waals surface area (Å²) in [6.07, 6.45) is 5.53. The van der Waals surface area contributed by atoms with Crippen LogP contribution in [0.5, 0.6) is 5.75 Å². The maximum absolute atomic E-state index is 6.11. The topological polar surface area (TPSA) is 39.4 Å². The molecule has 20 heavy (non-hydrogen) atoms. The number of aryl methyl sites for hydroxylation is 2. The number of hydrogen-bond acceptors (Lipinski definition) is 3. The van der Waals surface area contributed by atoms with Gasteiger partial charge in [-0.15, -0.1) is 0 Å². The molecule has 0 amide bonds. The summed E-state index contributed by atoms with van der Waals surface area (Å²) >= 11 is 0. The standard InChI is InChI=1S/C15H21N3OSi/c1-12-6-7-14(15(8-12)19-20(3,4)5)16-9-13-10-17-18(2)11-13/h6-11H,1-5H3/b16-9+. The summed E-state index contributed by atoms with van der Waals surface area (Å²) in [6, 6.07) is 6.10. The first-order valence-electron chi connectivity index (χ1n) is 6.66. The SMILES string of the molecule is Cc1ccc(/N=C/c2cnn(C)c2)c(O[Si](C)(C)C)c1. The lowest BCUT2D eigenvalue weighted by molar-refractivity contribution is 0.558. The van der Waals surface area contributed by atoms with Gasteiger partial charge in [0.1, 0.15) is 11.4 Å². The van der Waals surface area contributed by atoms with Gasteiger partial charge in [-0.1, -0.05) is 6.07 Å². The molecule has 0 saturated carbocycles. The van der Waals surface area contributed by atoms with Crippen LogP contribution in [0, 0.1) is 6.92 Å². The van der Waals surface area contributed by atoms with Crippen molar-refractivity contribution < 1.29 is 4.43 Å². The summed E-state index contributed by atoms with van der Waals surface area (Å²) in [6.45, 7) is 8.57. The van der Waals surface area contributed by atoms with Gasteiger partial charge in [-0.05, 0) is 44.3 Å². The second-order valence-corrected chi connectivity index (χ2v) is 10.3. The summed E-state index contributed by atoms with van der Waals surface area (Å²) in [4.78, 5) is 4.53. The fourth-order valence-corrected chi connectivity index (χ4v) is 2.61. The maximum Gasteiger partial charge on any atom is 0.242 e. The number of rotatable bonds is 4. The third-order valence-electron chi connectivity index (χ3n) is 2.61. The molecule has 0 radical (unpaired) electrons. The lowest BCUT2D eigenvalue weighted by atomic mass is 10.2. The van der Waals surface area contributed by atoms with Gasteiger partial charge in [-0.25, -0.2) is 0 Å². The monoisotopic (exact) mass is 287 g/mol. The number of aliphatic imine (C=N–C) groups is 1. The first-order chi connectivity index (χ1) is 9.33. The third-order valence-corrected chi connectivity index (χ3v) is 3.44. The van der Waals surface area contributed by atoms with E-state index in [0.717, 1.165) is 17.0 Å². The molecule has 0 fully saturated rings. The molecule has 5 heteroatoms. The van der Waals surface area contributed by atoms with E-state index in [4.69, 9.17) is 4.43 Å². The minimum atomic E-state index is -1.65.